The smallest absolute Gasteiger partial charge is 0.390 e. The van der Waals surface area contributed by atoms with Crippen LogP contribution in [0.15, 0.2) is 22.7 Å². The van der Waals surface area contributed by atoms with Crippen LogP contribution in [0.3, 0.4) is 0 Å². The van der Waals surface area contributed by atoms with Crippen LogP contribution in [0, 0.1) is 0 Å². The summed E-state index contributed by atoms with van der Waals surface area (Å²) in [7, 11) is 0. The van der Waals surface area contributed by atoms with Gasteiger partial charge in [0.15, 0.2) is 0 Å². The quantitative estimate of drug-likeness (QED) is 0.836. The van der Waals surface area contributed by atoms with Crippen LogP contribution in [0.4, 0.5) is 18.9 Å². The van der Waals surface area contributed by atoms with E-state index in [1.54, 1.807) is 12.1 Å². The molecule has 0 radical (unpaired) electrons. The van der Waals surface area contributed by atoms with Gasteiger partial charge in [-0.1, -0.05) is 6.07 Å². The summed E-state index contributed by atoms with van der Waals surface area (Å²) in [6, 6.07) is 4.71. The summed E-state index contributed by atoms with van der Waals surface area (Å²) in [6.07, 6.45) is -4.97. The lowest BCUT2D eigenvalue weighted by Gasteiger charge is -2.16. The molecular weight excluding hydrogens is 297 g/mol. The van der Waals surface area contributed by atoms with Crippen molar-refractivity contribution in [1.29, 1.82) is 0 Å². The molecule has 1 rings (SSSR count). The second-order valence-corrected chi connectivity index (χ2v) is 4.81. The fourth-order valence-corrected chi connectivity index (χ4v) is 1.66. The normalized spacial score (nSPS) is 13.7. The first-order chi connectivity index (χ1) is 7.78. The molecule has 0 aliphatic heterocycles. The van der Waals surface area contributed by atoms with E-state index in [9.17, 15) is 13.2 Å². The zero-order chi connectivity index (χ0) is 13.1. The Morgan fingerprint density at radius 2 is 2.06 bits per heavy atom. The van der Waals surface area contributed by atoms with Gasteiger partial charge in [-0.2, -0.15) is 13.2 Å². The minimum atomic E-state index is -4.13. The van der Waals surface area contributed by atoms with Gasteiger partial charge in [0, 0.05) is 22.7 Å². The molecular formula is C11H14BrF3N2. The molecule has 0 fully saturated rings. The third-order valence-electron chi connectivity index (χ3n) is 2.25. The highest BCUT2D eigenvalue weighted by molar-refractivity contribution is 9.10. The number of alkyl halides is 3. The molecule has 1 atom stereocenters. The molecule has 17 heavy (non-hydrogen) atoms. The fraction of sp³-hybridized carbons (Fsp3) is 0.455. The van der Waals surface area contributed by atoms with Gasteiger partial charge in [0.2, 0.25) is 0 Å². The van der Waals surface area contributed by atoms with Gasteiger partial charge in [-0.3, -0.25) is 0 Å². The number of nitrogens with one attached hydrogen (secondary N) is 1. The molecule has 0 aliphatic carbocycles. The lowest BCUT2D eigenvalue weighted by molar-refractivity contribution is -0.139. The number of nitrogen functional groups attached to an aromatic ring is 1. The van der Waals surface area contributed by atoms with Crippen molar-refractivity contribution in [3.63, 3.8) is 0 Å². The van der Waals surface area contributed by atoms with E-state index < -0.39 is 18.6 Å². The lowest BCUT2D eigenvalue weighted by Crippen LogP contribution is -2.30. The van der Waals surface area contributed by atoms with Crippen molar-refractivity contribution >= 4 is 21.6 Å². The first kappa shape index (κ1) is 14.3. The van der Waals surface area contributed by atoms with Crippen LogP contribution in [0.1, 0.15) is 18.9 Å². The van der Waals surface area contributed by atoms with Gasteiger partial charge < -0.3 is 11.1 Å². The molecule has 3 N–H and O–H groups in total. The van der Waals surface area contributed by atoms with Crippen LogP contribution >= 0.6 is 15.9 Å². The molecule has 96 valence electrons. The monoisotopic (exact) mass is 310 g/mol. The Balaban J connectivity index is 2.47. The molecule has 0 aliphatic rings. The molecule has 1 aromatic carbocycles. The number of rotatable bonds is 4. The Morgan fingerprint density at radius 3 is 2.59 bits per heavy atom. The molecule has 0 bridgehead atoms. The maximum Gasteiger partial charge on any atom is 0.390 e. The second kappa shape index (κ2) is 5.73. The molecule has 2 nitrogen and oxygen atoms in total. The molecule has 0 saturated carbocycles. The standard InChI is InChI=1S/C11H14BrF3N2/c1-7(5-11(13,14)15)17-6-8-2-3-9(12)10(16)4-8/h2-4,7,17H,5-6,16H2,1H3. The second-order valence-electron chi connectivity index (χ2n) is 3.96. The average Bonchev–Trinajstić information content (AvgIpc) is 2.17. The SMILES string of the molecule is CC(CC(F)(F)F)NCc1ccc(Br)c(N)c1. The van der Waals surface area contributed by atoms with Crippen LogP contribution in [0.2, 0.25) is 0 Å². The number of nitrogens with two attached hydrogens (primary N) is 1. The number of benzene rings is 1. The number of halogens is 4. The minimum Gasteiger partial charge on any atom is -0.398 e. The first-order valence-electron chi connectivity index (χ1n) is 5.12. The largest absolute Gasteiger partial charge is 0.398 e. The number of hydrogen-bond donors (Lipinski definition) is 2. The maximum absolute atomic E-state index is 12.1. The summed E-state index contributed by atoms with van der Waals surface area (Å²) in [5, 5.41) is 2.81. The Kier molecular flexibility index (Phi) is 4.82. The third-order valence-corrected chi connectivity index (χ3v) is 2.97. The predicted molar refractivity (Wildman–Crippen MR) is 65.5 cm³/mol. The number of hydrogen-bond acceptors (Lipinski definition) is 2. The molecule has 0 amide bonds. The van der Waals surface area contributed by atoms with E-state index >= 15 is 0 Å². The predicted octanol–water partition coefficient (Wildman–Crippen LogP) is 3.46. The topological polar surface area (TPSA) is 38.0 Å². The van der Waals surface area contributed by atoms with Crippen molar-refractivity contribution in [2.75, 3.05) is 5.73 Å². The van der Waals surface area contributed by atoms with Crippen molar-refractivity contribution in [3.05, 3.63) is 28.2 Å². The number of anilines is 1. The molecule has 0 spiro atoms. The van der Waals surface area contributed by atoms with Gasteiger partial charge >= 0.3 is 6.18 Å². The van der Waals surface area contributed by atoms with E-state index in [2.05, 4.69) is 21.2 Å². The molecule has 1 unspecified atom stereocenters. The van der Waals surface area contributed by atoms with Crippen molar-refractivity contribution < 1.29 is 13.2 Å². The first-order valence-corrected chi connectivity index (χ1v) is 5.91. The molecule has 0 saturated heterocycles. The van der Waals surface area contributed by atoms with E-state index in [0.29, 0.717) is 12.2 Å². The Bertz CT molecular complexity index is 379. The van der Waals surface area contributed by atoms with Gasteiger partial charge in [0.05, 0.1) is 6.42 Å². The summed E-state index contributed by atoms with van der Waals surface area (Å²) < 4.78 is 37.0. The molecule has 1 aromatic rings. The van der Waals surface area contributed by atoms with E-state index in [-0.39, 0.29) is 0 Å². The summed E-state index contributed by atoms with van der Waals surface area (Å²) in [5.41, 5.74) is 7.11. The van der Waals surface area contributed by atoms with E-state index in [0.717, 1.165) is 10.0 Å². The molecule has 0 aromatic heterocycles. The summed E-state index contributed by atoms with van der Waals surface area (Å²) in [6.45, 7) is 1.88. The van der Waals surface area contributed by atoms with Gasteiger partial charge in [-0.05, 0) is 40.5 Å². The van der Waals surface area contributed by atoms with Crippen LogP contribution in [0.25, 0.3) is 0 Å². The summed E-state index contributed by atoms with van der Waals surface area (Å²) in [4.78, 5) is 0. The fourth-order valence-electron chi connectivity index (χ4n) is 1.41. The van der Waals surface area contributed by atoms with Crippen LogP contribution in [-0.2, 0) is 6.54 Å². The Hall–Kier alpha value is -0.750. The Labute approximate surface area is 107 Å². The van der Waals surface area contributed by atoms with Crippen molar-refractivity contribution in [2.45, 2.75) is 32.1 Å². The summed E-state index contributed by atoms with van der Waals surface area (Å²) in [5.74, 6) is 0. The minimum absolute atomic E-state index is 0.370. The highest BCUT2D eigenvalue weighted by Gasteiger charge is 2.29. The van der Waals surface area contributed by atoms with Crippen molar-refractivity contribution in [2.24, 2.45) is 0 Å². The van der Waals surface area contributed by atoms with Gasteiger partial charge in [-0.15, -0.1) is 0 Å². The van der Waals surface area contributed by atoms with E-state index in [1.807, 2.05) is 6.07 Å². The molecule has 0 heterocycles. The maximum atomic E-state index is 12.1. The van der Waals surface area contributed by atoms with Crippen LogP contribution in [-0.4, -0.2) is 12.2 Å². The van der Waals surface area contributed by atoms with E-state index in [4.69, 9.17) is 5.73 Å². The third kappa shape index (κ3) is 5.41. The average molecular weight is 311 g/mol. The van der Waals surface area contributed by atoms with Crippen LogP contribution < -0.4 is 11.1 Å². The summed E-state index contributed by atoms with van der Waals surface area (Å²) >= 11 is 3.25. The van der Waals surface area contributed by atoms with Crippen LogP contribution in [0.5, 0.6) is 0 Å². The highest BCUT2D eigenvalue weighted by atomic mass is 79.9. The van der Waals surface area contributed by atoms with E-state index in [1.165, 1.54) is 6.92 Å². The van der Waals surface area contributed by atoms with Gasteiger partial charge in [-0.25, -0.2) is 0 Å². The zero-order valence-corrected chi connectivity index (χ0v) is 10.9. The van der Waals surface area contributed by atoms with Gasteiger partial charge in [0.25, 0.3) is 0 Å². The zero-order valence-electron chi connectivity index (χ0n) is 9.31. The van der Waals surface area contributed by atoms with Gasteiger partial charge in [0.1, 0.15) is 0 Å². The van der Waals surface area contributed by atoms with Crippen molar-refractivity contribution in [1.82, 2.24) is 5.32 Å². The Morgan fingerprint density at radius 1 is 1.41 bits per heavy atom. The lowest BCUT2D eigenvalue weighted by atomic mass is 10.1. The highest BCUT2D eigenvalue weighted by Crippen LogP contribution is 2.22. The van der Waals surface area contributed by atoms with Crippen molar-refractivity contribution in [3.8, 4) is 0 Å². The molecule has 6 heteroatoms.